The lowest BCUT2D eigenvalue weighted by molar-refractivity contribution is -0.116. The molecule has 2 aromatic rings. The molecule has 1 aliphatic rings. The van der Waals surface area contributed by atoms with Gasteiger partial charge in [-0.1, -0.05) is 48.5 Å². The molecule has 3 nitrogen and oxygen atoms in total. The second-order valence-corrected chi connectivity index (χ2v) is 4.55. The van der Waals surface area contributed by atoms with Gasteiger partial charge in [0.05, 0.1) is 17.8 Å². The summed E-state index contributed by atoms with van der Waals surface area (Å²) >= 11 is 0. The molecule has 0 fully saturated rings. The van der Waals surface area contributed by atoms with Crippen LogP contribution in [0.4, 0.5) is 5.69 Å². The van der Waals surface area contributed by atoms with Crippen LogP contribution in [0.3, 0.4) is 0 Å². The third-order valence-corrected chi connectivity index (χ3v) is 3.08. The summed E-state index contributed by atoms with van der Waals surface area (Å²) in [6.45, 7) is 0. The van der Waals surface area contributed by atoms with Gasteiger partial charge in [-0.25, -0.2) is 5.01 Å². The van der Waals surface area contributed by atoms with Crippen LogP contribution in [0.15, 0.2) is 65.8 Å². The number of nitrogens with zero attached hydrogens (tertiary/aromatic N) is 2. The van der Waals surface area contributed by atoms with E-state index in [2.05, 4.69) is 17.2 Å². The number of hydrazone groups is 1. The predicted molar refractivity (Wildman–Crippen MR) is 76.1 cm³/mol. The fourth-order valence-electron chi connectivity index (χ4n) is 2.18. The molecule has 19 heavy (non-hydrogen) atoms. The Morgan fingerprint density at radius 1 is 0.947 bits per heavy atom. The number of rotatable bonds is 3. The van der Waals surface area contributed by atoms with E-state index in [0.717, 1.165) is 17.8 Å². The van der Waals surface area contributed by atoms with Crippen molar-refractivity contribution in [3.8, 4) is 0 Å². The van der Waals surface area contributed by atoms with E-state index in [0.29, 0.717) is 6.42 Å². The van der Waals surface area contributed by atoms with E-state index in [9.17, 15) is 4.79 Å². The molecule has 0 spiro atoms. The van der Waals surface area contributed by atoms with Gasteiger partial charge in [0, 0.05) is 6.42 Å². The lowest BCUT2D eigenvalue weighted by Crippen LogP contribution is -2.19. The molecule has 0 atom stereocenters. The molecule has 3 heteroatoms. The number of benzene rings is 2. The van der Waals surface area contributed by atoms with Crippen LogP contribution in [0.2, 0.25) is 0 Å². The van der Waals surface area contributed by atoms with Crippen molar-refractivity contribution in [3.05, 3.63) is 66.2 Å². The van der Waals surface area contributed by atoms with Crippen molar-refractivity contribution >= 4 is 17.3 Å². The van der Waals surface area contributed by atoms with Gasteiger partial charge in [0.15, 0.2) is 0 Å². The minimum atomic E-state index is 0.0390. The van der Waals surface area contributed by atoms with Crippen LogP contribution in [-0.2, 0) is 11.2 Å². The van der Waals surface area contributed by atoms with Gasteiger partial charge < -0.3 is 0 Å². The molecule has 0 unspecified atom stereocenters. The summed E-state index contributed by atoms with van der Waals surface area (Å²) in [7, 11) is 0. The largest absolute Gasteiger partial charge is 0.272 e. The lowest BCUT2D eigenvalue weighted by Gasteiger charge is -2.10. The van der Waals surface area contributed by atoms with Gasteiger partial charge in [0.2, 0.25) is 0 Å². The molecule has 0 N–H and O–H groups in total. The number of amides is 1. The van der Waals surface area contributed by atoms with E-state index in [1.165, 1.54) is 10.6 Å². The lowest BCUT2D eigenvalue weighted by atomic mass is 10.1. The Kier molecular flexibility index (Phi) is 3.11. The zero-order chi connectivity index (χ0) is 13.1. The first-order valence-electron chi connectivity index (χ1n) is 6.31. The topological polar surface area (TPSA) is 32.7 Å². The molecule has 1 amide bonds. The molecule has 0 radical (unpaired) electrons. The van der Waals surface area contributed by atoms with Gasteiger partial charge in [-0.05, 0) is 17.7 Å². The maximum atomic E-state index is 12.0. The van der Waals surface area contributed by atoms with Crippen molar-refractivity contribution in [1.82, 2.24) is 0 Å². The summed E-state index contributed by atoms with van der Waals surface area (Å²) in [5.41, 5.74) is 2.93. The number of hydrogen-bond donors (Lipinski definition) is 0. The van der Waals surface area contributed by atoms with Crippen LogP contribution in [0, 0.1) is 0 Å². The molecule has 1 aliphatic heterocycles. The highest BCUT2D eigenvalue weighted by molar-refractivity contribution is 6.13. The van der Waals surface area contributed by atoms with Gasteiger partial charge in [-0.2, -0.15) is 5.10 Å². The van der Waals surface area contributed by atoms with Crippen molar-refractivity contribution < 1.29 is 4.79 Å². The van der Waals surface area contributed by atoms with Crippen molar-refractivity contribution in [2.45, 2.75) is 12.8 Å². The summed E-state index contributed by atoms with van der Waals surface area (Å²) in [5.74, 6) is 0.0390. The van der Waals surface area contributed by atoms with E-state index in [1.54, 1.807) is 0 Å². The summed E-state index contributed by atoms with van der Waals surface area (Å²) in [6, 6.07) is 19.6. The van der Waals surface area contributed by atoms with Crippen LogP contribution in [0.25, 0.3) is 0 Å². The van der Waals surface area contributed by atoms with Crippen LogP contribution >= 0.6 is 0 Å². The zero-order valence-corrected chi connectivity index (χ0v) is 10.5. The summed E-state index contributed by atoms with van der Waals surface area (Å²) in [6.07, 6.45) is 1.14. The van der Waals surface area contributed by atoms with E-state index in [-0.39, 0.29) is 5.91 Å². The standard InChI is InChI=1S/C16H14N2O/c19-16-12-14(11-13-7-3-1-4-8-13)17-18(16)15-9-5-2-6-10-15/h1-10H,11-12H2. The van der Waals surface area contributed by atoms with Crippen LogP contribution < -0.4 is 5.01 Å². The van der Waals surface area contributed by atoms with E-state index in [1.807, 2.05) is 48.5 Å². The monoisotopic (exact) mass is 250 g/mol. The quantitative estimate of drug-likeness (QED) is 0.824. The van der Waals surface area contributed by atoms with Crippen molar-refractivity contribution in [2.75, 3.05) is 5.01 Å². The minimum absolute atomic E-state index is 0.0390. The Hall–Kier alpha value is -2.42. The highest BCUT2D eigenvalue weighted by Crippen LogP contribution is 2.21. The highest BCUT2D eigenvalue weighted by Gasteiger charge is 2.24. The van der Waals surface area contributed by atoms with Crippen molar-refractivity contribution in [1.29, 1.82) is 0 Å². The first-order chi connectivity index (χ1) is 9.33. The Balaban J connectivity index is 1.80. The minimum Gasteiger partial charge on any atom is -0.272 e. The van der Waals surface area contributed by atoms with Gasteiger partial charge in [-0.3, -0.25) is 4.79 Å². The number of para-hydroxylation sites is 1. The third kappa shape index (κ3) is 2.55. The average Bonchev–Trinajstić information content (AvgIpc) is 2.82. The maximum Gasteiger partial charge on any atom is 0.253 e. The molecule has 94 valence electrons. The van der Waals surface area contributed by atoms with Gasteiger partial charge in [0.1, 0.15) is 0 Å². The molecule has 0 saturated heterocycles. The van der Waals surface area contributed by atoms with Crippen LogP contribution in [-0.4, -0.2) is 11.6 Å². The molecular weight excluding hydrogens is 236 g/mol. The van der Waals surface area contributed by atoms with E-state index >= 15 is 0 Å². The second-order valence-electron chi connectivity index (χ2n) is 4.55. The van der Waals surface area contributed by atoms with Crippen LogP contribution in [0.5, 0.6) is 0 Å². The fraction of sp³-hybridized carbons (Fsp3) is 0.125. The molecule has 0 aromatic heterocycles. The molecule has 0 aliphatic carbocycles. The Bertz CT molecular complexity index is 605. The third-order valence-electron chi connectivity index (χ3n) is 3.08. The predicted octanol–water partition coefficient (Wildman–Crippen LogP) is 3.02. The Morgan fingerprint density at radius 2 is 1.58 bits per heavy atom. The summed E-state index contributed by atoms with van der Waals surface area (Å²) in [4.78, 5) is 12.0. The highest BCUT2D eigenvalue weighted by atomic mass is 16.2. The zero-order valence-electron chi connectivity index (χ0n) is 10.5. The number of anilines is 1. The Labute approximate surface area is 112 Å². The molecular formula is C16H14N2O. The normalized spacial score (nSPS) is 14.6. The summed E-state index contributed by atoms with van der Waals surface area (Å²) in [5, 5.41) is 5.93. The molecule has 3 rings (SSSR count). The fourth-order valence-corrected chi connectivity index (χ4v) is 2.18. The Morgan fingerprint density at radius 3 is 2.26 bits per heavy atom. The number of carbonyl (C=O) groups excluding carboxylic acids is 1. The maximum absolute atomic E-state index is 12.0. The number of carbonyl (C=O) groups is 1. The van der Waals surface area contributed by atoms with Gasteiger partial charge in [-0.15, -0.1) is 0 Å². The second kappa shape index (κ2) is 5.06. The van der Waals surface area contributed by atoms with Gasteiger partial charge in [0.25, 0.3) is 5.91 Å². The molecule has 0 saturated carbocycles. The smallest absolute Gasteiger partial charge is 0.253 e. The first-order valence-corrected chi connectivity index (χ1v) is 6.31. The van der Waals surface area contributed by atoms with Gasteiger partial charge >= 0.3 is 0 Å². The number of hydrogen-bond acceptors (Lipinski definition) is 2. The SMILES string of the molecule is O=C1CC(Cc2ccccc2)=NN1c1ccccc1. The van der Waals surface area contributed by atoms with E-state index < -0.39 is 0 Å². The molecule has 1 heterocycles. The van der Waals surface area contributed by atoms with Crippen molar-refractivity contribution in [3.63, 3.8) is 0 Å². The summed E-state index contributed by atoms with van der Waals surface area (Å²) < 4.78 is 0. The average molecular weight is 250 g/mol. The molecule has 2 aromatic carbocycles. The van der Waals surface area contributed by atoms with E-state index in [4.69, 9.17) is 0 Å². The molecule has 0 bridgehead atoms. The first kappa shape index (κ1) is 11.7. The van der Waals surface area contributed by atoms with Crippen molar-refractivity contribution in [2.24, 2.45) is 5.10 Å². The van der Waals surface area contributed by atoms with Crippen LogP contribution in [0.1, 0.15) is 12.0 Å².